The van der Waals surface area contributed by atoms with E-state index < -0.39 is 0 Å². The van der Waals surface area contributed by atoms with Crippen LogP contribution in [0.4, 0.5) is 9.93 Å². The minimum absolute atomic E-state index is 0.0363. The fraction of sp³-hybridized carbons (Fsp3) is 0.750. The van der Waals surface area contributed by atoms with Crippen LogP contribution in [0.1, 0.15) is 45.4 Å². The van der Waals surface area contributed by atoms with Crippen LogP contribution in [0, 0.1) is 5.92 Å². The third-order valence-corrected chi connectivity index (χ3v) is 5.68. The van der Waals surface area contributed by atoms with Gasteiger partial charge in [-0.2, -0.15) is 0 Å². The van der Waals surface area contributed by atoms with E-state index in [0.29, 0.717) is 15.9 Å². The molecule has 2 radical (unpaired) electrons. The maximum atomic E-state index is 12.9. The van der Waals surface area contributed by atoms with Gasteiger partial charge in [0.2, 0.25) is 0 Å². The molecule has 2 fully saturated rings. The summed E-state index contributed by atoms with van der Waals surface area (Å²) in [6.45, 7) is 3.77. The second kappa shape index (κ2) is 7.66. The highest BCUT2D eigenvalue weighted by atomic mass is 32.1. The summed E-state index contributed by atoms with van der Waals surface area (Å²) < 4.78 is 6.09. The third kappa shape index (κ3) is 4.26. The Balaban J connectivity index is 1.71. The van der Waals surface area contributed by atoms with Gasteiger partial charge in [0.25, 0.3) is 0 Å². The first-order valence-corrected chi connectivity index (χ1v) is 9.33. The van der Waals surface area contributed by atoms with Crippen LogP contribution in [0.15, 0.2) is 6.20 Å². The second-order valence-electron chi connectivity index (χ2n) is 6.66. The Morgan fingerprint density at radius 1 is 1.26 bits per heavy atom. The molecule has 1 aliphatic carbocycles. The van der Waals surface area contributed by atoms with Crippen LogP contribution in [0.2, 0.25) is 0 Å². The number of aromatic nitrogens is 1. The van der Waals surface area contributed by atoms with Crippen molar-refractivity contribution < 1.29 is 9.53 Å². The minimum Gasteiger partial charge on any atom is -0.381 e. The Hall–Kier alpha value is -1.08. The van der Waals surface area contributed by atoms with Gasteiger partial charge in [0.15, 0.2) is 5.13 Å². The van der Waals surface area contributed by atoms with Gasteiger partial charge in [0, 0.05) is 31.5 Å². The van der Waals surface area contributed by atoms with Crippen molar-refractivity contribution in [1.29, 1.82) is 0 Å². The number of rotatable bonds is 3. The smallest absolute Gasteiger partial charge is 0.324 e. The van der Waals surface area contributed by atoms with Gasteiger partial charge in [0.05, 0.1) is 0 Å². The Morgan fingerprint density at radius 3 is 2.52 bits per heavy atom. The van der Waals surface area contributed by atoms with Crippen molar-refractivity contribution >= 4 is 35.1 Å². The summed E-state index contributed by atoms with van der Waals surface area (Å²) in [6.07, 6.45) is 7.99. The predicted octanol–water partition coefficient (Wildman–Crippen LogP) is 2.53. The molecule has 2 amide bonds. The molecule has 1 aliphatic heterocycles. The predicted molar refractivity (Wildman–Crippen MR) is 93.6 cm³/mol. The number of carbonyl (C=O) groups excluding carboxylic acids is 1. The van der Waals surface area contributed by atoms with Crippen molar-refractivity contribution in [2.75, 3.05) is 18.5 Å². The largest absolute Gasteiger partial charge is 0.381 e. The standard InChI is InChI=1S/C16H24BN3O2S/c1-11-2-4-12(5-3-11)20(13-6-8-22-9-7-13)16(21)19-15-18-10-14(17)23-15/h10-13H,2-9H2,1H3,(H,18,19,21). The average Bonchev–Trinajstić information content (AvgIpc) is 2.95. The van der Waals surface area contributed by atoms with E-state index in [1.807, 2.05) is 0 Å². The van der Waals surface area contributed by atoms with Gasteiger partial charge in [0.1, 0.15) is 7.85 Å². The molecule has 3 rings (SSSR count). The number of carbonyl (C=O) groups is 1. The first kappa shape index (κ1) is 16.8. The van der Waals surface area contributed by atoms with E-state index in [2.05, 4.69) is 22.1 Å². The second-order valence-corrected chi connectivity index (χ2v) is 7.72. The van der Waals surface area contributed by atoms with Crippen LogP contribution < -0.4 is 10.1 Å². The van der Waals surface area contributed by atoms with E-state index >= 15 is 0 Å². The molecule has 0 atom stereocenters. The number of hydrogen-bond donors (Lipinski definition) is 1. The van der Waals surface area contributed by atoms with Gasteiger partial charge in [-0.25, -0.2) is 9.78 Å². The monoisotopic (exact) mass is 333 g/mol. The minimum atomic E-state index is -0.0363. The molecule has 1 saturated heterocycles. The molecule has 0 bridgehead atoms. The lowest BCUT2D eigenvalue weighted by Gasteiger charge is -2.42. The van der Waals surface area contributed by atoms with Crippen molar-refractivity contribution in [2.24, 2.45) is 5.92 Å². The molecule has 1 aromatic heterocycles. The van der Waals surface area contributed by atoms with Gasteiger partial charge in [-0.05, 0) is 49.2 Å². The van der Waals surface area contributed by atoms with Crippen molar-refractivity contribution in [3.63, 3.8) is 0 Å². The molecule has 7 heteroatoms. The van der Waals surface area contributed by atoms with E-state index in [9.17, 15) is 4.79 Å². The number of nitrogens with zero attached hydrogens (tertiary/aromatic N) is 2. The number of amides is 2. The van der Waals surface area contributed by atoms with E-state index in [0.717, 1.165) is 44.8 Å². The highest BCUT2D eigenvalue weighted by Gasteiger charge is 2.34. The highest BCUT2D eigenvalue weighted by molar-refractivity contribution is 7.23. The quantitative estimate of drug-likeness (QED) is 0.865. The van der Waals surface area contributed by atoms with Crippen molar-refractivity contribution in [2.45, 2.75) is 57.5 Å². The Kier molecular flexibility index (Phi) is 5.59. The van der Waals surface area contributed by atoms with Crippen LogP contribution in [0.25, 0.3) is 0 Å². The molecular weight excluding hydrogens is 309 g/mol. The number of anilines is 1. The van der Waals surface area contributed by atoms with Gasteiger partial charge >= 0.3 is 6.03 Å². The van der Waals surface area contributed by atoms with Crippen LogP contribution in [-0.2, 0) is 4.74 Å². The first-order chi connectivity index (χ1) is 11.1. The van der Waals surface area contributed by atoms with Crippen LogP contribution in [0.5, 0.6) is 0 Å². The molecule has 1 aromatic rings. The lowest BCUT2D eigenvalue weighted by atomic mass is 9.85. The number of thiazole rings is 1. The molecule has 0 unspecified atom stereocenters. The zero-order valence-corrected chi connectivity index (χ0v) is 14.5. The van der Waals surface area contributed by atoms with Crippen LogP contribution in [-0.4, -0.2) is 49.1 Å². The molecule has 0 aromatic carbocycles. The van der Waals surface area contributed by atoms with Crippen LogP contribution >= 0.6 is 11.3 Å². The molecule has 1 N–H and O–H groups in total. The molecule has 124 valence electrons. The normalized spacial score (nSPS) is 26.0. The molecule has 2 aliphatic rings. The van der Waals surface area contributed by atoms with Crippen LogP contribution in [0.3, 0.4) is 0 Å². The fourth-order valence-corrected chi connectivity index (χ4v) is 4.19. The Morgan fingerprint density at radius 2 is 1.91 bits per heavy atom. The number of hydrogen-bond acceptors (Lipinski definition) is 4. The van der Waals surface area contributed by atoms with Crippen molar-refractivity contribution in [3.05, 3.63) is 6.20 Å². The summed E-state index contributed by atoms with van der Waals surface area (Å²) in [5.74, 6) is 0.768. The number of urea groups is 1. The Bertz CT molecular complexity index is 525. The van der Waals surface area contributed by atoms with Gasteiger partial charge in [-0.15, -0.1) is 11.3 Å². The molecule has 0 spiro atoms. The lowest BCUT2D eigenvalue weighted by Crippen LogP contribution is -2.52. The van der Waals surface area contributed by atoms with Gasteiger partial charge in [-0.3, -0.25) is 5.32 Å². The van der Waals surface area contributed by atoms with E-state index in [1.54, 1.807) is 6.20 Å². The summed E-state index contributed by atoms with van der Waals surface area (Å²) in [5, 5.41) is 3.52. The van der Waals surface area contributed by atoms with E-state index in [-0.39, 0.29) is 12.1 Å². The van der Waals surface area contributed by atoms with E-state index in [4.69, 9.17) is 12.6 Å². The SMILES string of the molecule is [B]c1cnc(NC(=O)N(C2CCOCC2)C2CCC(C)CC2)s1. The maximum absolute atomic E-state index is 12.9. The molecule has 5 nitrogen and oxygen atoms in total. The molecular formula is C16H24BN3O2S. The van der Waals surface area contributed by atoms with Gasteiger partial charge in [-0.1, -0.05) is 6.92 Å². The summed E-state index contributed by atoms with van der Waals surface area (Å²) >= 11 is 1.31. The molecule has 2 heterocycles. The third-order valence-electron chi connectivity index (χ3n) is 4.93. The molecule has 1 saturated carbocycles. The molecule has 23 heavy (non-hydrogen) atoms. The number of nitrogens with one attached hydrogen (secondary N) is 1. The zero-order valence-electron chi connectivity index (χ0n) is 13.7. The van der Waals surface area contributed by atoms with Crippen molar-refractivity contribution in [1.82, 2.24) is 9.88 Å². The summed E-state index contributed by atoms with van der Waals surface area (Å²) in [7, 11) is 5.71. The average molecular weight is 333 g/mol. The Labute approximate surface area is 143 Å². The topological polar surface area (TPSA) is 54.5 Å². The lowest BCUT2D eigenvalue weighted by molar-refractivity contribution is 0.0279. The summed E-state index contributed by atoms with van der Waals surface area (Å²) in [4.78, 5) is 19.1. The fourth-order valence-electron chi connectivity index (χ4n) is 3.61. The first-order valence-electron chi connectivity index (χ1n) is 8.52. The summed E-state index contributed by atoms with van der Waals surface area (Å²) in [5.41, 5.74) is 0. The summed E-state index contributed by atoms with van der Waals surface area (Å²) in [6, 6.07) is 0.553. The van der Waals surface area contributed by atoms with Gasteiger partial charge < -0.3 is 9.64 Å². The van der Waals surface area contributed by atoms with Crippen molar-refractivity contribution in [3.8, 4) is 0 Å². The van der Waals surface area contributed by atoms with E-state index in [1.165, 1.54) is 24.2 Å². The maximum Gasteiger partial charge on any atom is 0.324 e. The number of ether oxygens (including phenoxy) is 1. The highest BCUT2D eigenvalue weighted by Crippen LogP contribution is 2.31. The zero-order chi connectivity index (χ0) is 16.2.